The fraction of sp³-hybridized carbons (Fsp3) is 0.286. The molecule has 0 aliphatic carbocycles. The lowest BCUT2D eigenvalue weighted by atomic mass is 10.00. The first-order valence-corrected chi connectivity index (χ1v) is 11.9. The molecule has 3 aromatic carbocycles. The Morgan fingerprint density at radius 1 is 1.00 bits per heavy atom. The van der Waals surface area contributed by atoms with Crippen LogP contribution in [0, 0.1) is 12.7 Å². The van der Waals surface area contributed by atoms with E-state index in [1.807, 2.05) is 68.4 Å². The average molecular weight is 481 g/mol. The van der Waals surface area contributed by atoms with Gasteiger partial charge in [0.2, 0.25) is 11.8 Å². The van der Waals surface area contributed by atoms with Crippen molar-refractivity contribution in [3.8, 4) is 0 Å². The van der Waals surface area contributed by atoms with E-state index in [1.165, 1.54) is 12.1 Å². The maximum absolute atomic E-state index is 14.5. The fourth-order valence-corrected chi connectivity index (χ4v) is 4.07. The van der Waals surface area contributed by atoms with Gasteiger partial charge in [0.25, 0.3) is 0 Å². The summed E-state index contributed by atoms with van der Waals surface area (Å²) < 4.78 is 14.5. The van der Waals surface area contributed by atoms with Crippen molar-refractivity contribution >= 4 is 23.4 Å². The maximum Gasteiger partial charge on any atom is 0.243 e. The summed E-state index contributed by atoms with van der Waals surface area (Å²) in [5.41, 5.74) is 3.01. The van der Waals surface area contributed by atoms with Gasteiger partial charge in [0, 0.05) is 30.1 Å². The lowest BCUT2D eigenvalue weighted by Crippen LogP contribution is -2.51. The molecule has 0 saturated heterocycles. The molecule has 3 rings (SSSR count). The first-order chi connectivity index (χ1) is 16.4. The van der Waals surface area contributed by atoms with Gasteiger partial charge in [-0.05, 0) is 42.2 Å². The van der Waals surface area contributed by atoms with Gasteiger partial charge in [0.15, 0.2) is 0 Å². The van der Waals surface area contributed by atoms with E-state index in [0.717, 1.165) is 23.1 Å². The average Bonchev–Trinajstić information content (AvgIpc) is 2.83. The second-order valence-corrected chi connectivity index (χ2v) is 8.73. The zero-order valence-electron chi connectivity index (χ0n) is 19.6. The Bertz CT molecular complexity index is 1100. The van der Waals surface area contributed by atoms with Crippen molar-refractivity contribution in [2.75, 3.05) is 6.54 Å². The zero-order valence-corrected chi connectivity index (χ0v) is 20.3. The Morgan fingerprint density at radius 3 is 2.38 bits per heavy atom. The van der Waals surface area contributed by atoms with Crippen LogP contribution < -0.4 is 5.32 Å². The summed E-state index contributed by atoms with van der Waals surface area (Å²) in [6, 6.07) is 20.9. The van der Waals surface area contributed by atoms with Crippen molar-refractivity contribution in [1.29, 1.82) is 0 Å². The number of amides is 2. The van der Waals surface area contributed by atoms with E-state index in [2.05, 4.69) is 5.32 Å². The van der Waals surface area contributed by atoms with Crippen molar-refractivity contribution in [2.45, 2.75) is 45.7 Å². The van der Waals surface area contributed by atoms with Gasteiger partial charge in [0.05, 0.1) is 6.42 Å². The van der Waals surface area contributed by atoms with E-state index in [9.17, 15) is 14.0 Å². The van der Waals surface area contributed by atoms with Crippen LogP contribution in [0.4, 0.5) is 4.39 Å². The molecule has 0 aliphatic heterocycles. The van der Waals surface area contributed by atoms with Gasteiger partial charge >= 0.3 is 0 Å². The summed E-state index contributed by atoms with van der Waals surface area (Å²) in [5.74, 6) is -1.12. The number of carbonyl (C=O) groups is 2. The van der Waals surface area contributed by atoms with Crippen molar-refractivity contribution in [3.05, 3.63) is 106 Å². The van der Waals surface area contributed by atoms with Gasteiger partial charge in [-0.25, -0.2) is 4.39 Å². The van der Waals surface area contributed by atoms with Crippen LogP contribution in [-0.2, 0) is 29.0 Å². The van der Waals surface area contributed by atoms with Crippen LogP contribution in [-0.4, -0.2) is 29.3 Å². The number of carbonyl (C=O) groups excluding carboxylic acids is 2. The van der Waals surface area contributed by atoms with E-state index in [-0.39, 0.29) is 35.4 Å². The molecule has 2 amide bonds. The molecule has 0 unspecified atom stereocenters. The Hall–Kier alpha value is -3.18. The Balaban J connectivity index is 2.00. The molecule has 0 bridgehead atoms. The Labute approximate surface area is 205 Å². The summed E-state index contributed by atoms with van der Waals surface area (Å²) in [5, 5.41) is 3.14. The smallest absolute Gasteiger partial charge is 0.243 e. The van der Waals surface area contributed by atoms with Gasteiger partial charge in [-0.15, -0.1) is 0 Å². The molecule has 3 aromatic rings. The number of aryl methyl sites for hydroxylation is 1. The third-order valence-corrected chi connectivity index (χ3v) is 6.17. The molecule has 0 saturated carbocycles. The van der Waals surface area contributed by atoms with Gasteiger partial charge in [-0.3, -0.25) is 9.59 Å². The van der Waals surface area contributed by atoms with Crippen molar-refractivity contribution in [2.24, 2.45) is 0 Å². The highest BCUT2D eigenvalue weighted by Crippen LogP contribution is 2.23. The molecule has 0 radical (unpaired) electrons. The number of halogens is 2. The zero-order chi connectivity index (χ0) is 24.5. The highest BCUT2D eigenvalue weighted by Gasteiger charge is 2.31. The quantitative estimate of drug-likeness (QED) is 0.416. The first kappa shape index (κ1) is 25.4. The largest absolute Gasteiger partial charge is 0.354 e. The van der Waals surface area contributed by atoms with Gasteiger partial charge in [0.1, 0.15) is 11.9 Å². The van der Waals surface area contributed by atoms with E-state index in [4.69, 9.17) is 11.6 Å². The van der Waals surface area contributed by atoms with E-state index in [1.54, 1.807) is 11.0 Å². The third-order valence-electron chi connectivity index (χ3n) is 5.81. The summed E-state index contributed by atoms with van der Waals surface area (Å²) in [7, 11) is 0. The van der Waals surface area contributed by atoms with Crippen molar-refractivity contribution in [3.63, 3.8) is 0 Å². The molecule has 1 N–H and O–H groups in total. The van der Waals surface area contributed by atoms with Crippen molar-refractivity contribution in [1.82, 2.24) is 10.2 Å². The number of hydrogen-bond acceptors (Lipinski definition) is 2. The van der Waals surface area contributed by atoms with Gasteiger partial charge < -0.3 is 10.2 Å². The summed E-state index contributed by atoms with van der Waals surface area (Å²) in [6.45, 7) is 4.68. The predicted molar refractivity (Wildman–Crippen MR) is 134 cm³/mol. The summed E-state index contributed by atoms with van der Waals surface area (Å²) in [6.07, 6.45) is 0.892. The molecule has 4 nitrogen and oxygen atoms in total. The molecule has 6 heteroatoms. The Kier molecular flexibility index (Phi) is 9.23. The van der Waals surface area contributed by atoms with Crippen LogP contribution in [0.1, 0.15) is 35.6 Å². The summed E-state index contributed by atoms with van der Waals surface area (Å²) in [4.78, 5) is 28.5. The maximum atomic E-state index is 14.5. The van der Waals surface area contributed by atoms with E-state index >= 15 is 0 Å². The number of benzene rings is 3. The van der Waals surface area contributed by atoms with Crippen LogP contribution >= 0.6 is 11.6 Å². The SMILES string of the molecule is CCCNC(=O)[C@@H](Cc1ccccc1)N(Cc1ccccc1C)C(=O)Cc1c(F)cccc1Cl. The molecular weight excluding hydrogens is 451 g/mol. The van der Waals surface area contributed by atoms with Crippen LogP contribution in [0.15, 0.2) is 72.8 Å². The standard InChI is InChI=1S/C28H30ClFN2O2/c1-3-16-31-28(34)26(17-21-11-5-4-6-12-21)32(19-22-13-8-7-10-20(22)2)27(33)18-23-24(29)14-9-15-25(23)30/h4-15,26H,3,16-19H2,1-2H3,(H,31,34)/t26-/m1/s1. The van der Waals surface area contributed by atoms with Gasteiger partial charge in [-0.2, -0.15) is 0 Å². The molecule has 0 fully saturated rings. The van der Waals surface area contributed by atoms with E-state index < -0.39 is 11.9 Å². The second-order valence-electron chi connectivity index (χ2n) is 8.32. The molecular formula is C28H30ClFN2O2. The first-order valence-electron chi connectivity index (χ1n) is 11.5. The molecule has 34 heavy (non-hydrogen) atoms. The molecule has 0 heterocycles. The van der Waals surface area contributed by atoms with Crippen LogP contribution in [0.2, 0.25) is 5.02 Å². The monoisotopic (exact) mass is 480 g/mol. The molecule has 0 aliphatic rings. The van der Waals surface area contributed by atoms with Crippen molar-refractivity contribution < 1.29 is 14.0 Å². The number of rotatable bonds is 10. The molecule has 1 atom stereocenters. The van der Waals surface area contributed by atoms with Gasteiger partial charge in [-0.1, -0.05) is 79.2 Å². The minimum absolute atomic E-state index is 0.136. The second kappa shape index (κ2) is 12.3. The topological polar surface area (TPSA) is 49.4 Å². The number of nitrogens with zero attached hydrogens (tertiary/aromatic N) is 1. The molecule has 0 aromatic heterocycles. The highest BCUT2D eigenvalue weighted by atomic mass is 35.5. The molecule has 178 valence electrons. The summed E-state index contributed by atoms with van der Waals surface area (Å²) >= 11 is 6.21. The number of hydrogen-bond donors (Lipinski definition) is 1. The predicted octanol–water partition coefficient (Wildman–Crippen LogP) is 5.50. The highest BCUT2D eigenvalue weighted by molar-refractivity contribution is 6.31. The Morgan fingerprint density at radius 2 is 1.71 bits per heavy atom. The van der Waals surface area contributed by atoms with Crippen LogP contribution in [0.25, 0.3) is 0 Å². The minimum Gasteiger partial charge on any atom is -0.354 e. The minimum atomic E-state index is -0.758. The molecule has 0 spiro atoms. The normalized spacial score (nSPS) is 11.6. The number of nitrogens with one attached hydrogen (secondary N) is 1. The lowest BCUT2D eigenvalue weighted by molar-refractivity contribution is -0.140. The lowest BCUT2D eigenvalue weighted by Gasteiger charge is -2.32. The van der Waals surface area contributed by atoms with Crippen LogP contribution in [0.5, 0.6) is 0 Å². The van der Waals surface area contributed by atoms with E-state index in [0.29, 0.717) is 13.0 Å². The van der Waals surface area contributed by atoms with Crippen LogP contribution in [0.3, 0.4) is 0 Å². The third kappa shape index (κ3) is 6.67. The fourth-order valence-electron chi connectivity index (χ4n) is 3.84.